The van der Waals surface area contributed by atoms with E-state index in [0.717, 1.165) is 14.9 Å². The van der Waals surface area contributed by atoms with Gasteiger partial charge in [-0.1, -0.05) is 41.9 Å². The van der Waals surface area contributed by atoms with Crippen LogP contribution >= 0.6 is 27.3 Å². The van der Waals surface area contributed by atoms with Crippen molar-refractivity contribution in [2.75, 3.05) is 6.54 Å². The standard InChI is InChI=1S/C22H26BrNO3S/c1-15-4-12-20(28-15)19(26)11-9-18(25)10-13-21(27)24-14-22(2,3)16-5-7-17(23)8-6-16/h4-8,12H,9-11,13-14H2,1-3H3,(H,24,27). The highest BCUT2D eigenvalue weighted by Crippen LogP contribution is 2.24. The summed E-state index contributed by atoms with van der Waals surface area (Å²) >= 11 is 4.87. The lowest BCUT2D eigenvalue weighted by atomic mass is 9.84. The Labute approximate surface area is 178 Å². The zero-order valence-corrected chi connectivity index (χ0v) is 18.9. The molecule has 0 radical (unpaired) electrons. The maximum Gasteiger partial charge on any atom is 0.220 e. The smallest absolute Gasteiger partial charge is 0.220 e. The SMILES string of the molecule is Cc1ccc(C(=O)CCC(=O)CCC(=O)NCC(C)(C)c2ccc(Br)cc2)s1. The highest BCUT2D eigenvalue weighted by atomic mass is 79.9. The van der Waals surface area contributed by atoms with E-state index < -0.39 is 0 Å². The Morgan fingerprint density at radius 3 is 2.21 bits per heavy atom. The maximum absolute atomic E-state index is 12.1. The molecule has 2 rings (SSSR count). The number of carbonyl (C=O) groups excluding carboxylic acids is 3. The Balaban J connectivity index is 1.70. The molecule has 4 nitrogen and oxygen atoms in total. The average molecular weight is 464 g/mol. The number of aryl methyl sites for hydroxylation is 1. The van der Waals surface area contributed by atoms with Gasteiger partial charge in [-0.25, -0.2) is 0 Å². The molecule has 0 saturated heterocycles. The average Bonchev–Trinajstić information content (AvgIpc) is 3.09. The molecule has 6 heteroatoms. The highest BCUT2D eigenvalue weighted by Gasteiger charge is 2.21. The molecule has 0 aliphatic rings. The van der Waals surface area contributed by atoms with Gasteiger partial charge in [0, 0.05) is 47.0 Å². The van der Waals surface area contributed by atoms with E-state index >= 15 is 0 Å². The van der Waals surface area contributed by atoms with E-state index in [1.807, 2.05) is 37.3 Å². The number of rotatable bonds is 10. The molecule has 1 aromatic carbocycles. The number of hydrogen-bond donors (Lipinski definition) is 1. The number of nitrogens with one attached hydrogen (secondary N) is 1. The van der Waals surface area contributed by atoms with Gasteiger partial charge in [-0.05, 0) is 36.8 Å². The van der Waals surface area contributed by atoms with Gasteiger partial charge in [0.25, 0.3) is 0 Å². The molecule has 1 N–H and O–H groups in total. The molecule has 1 aromatic heterocycles. The molecule has 0 aliphatic carbocycles. The fourth-order valence-electron chi connectivity index (χ4n) is 2.75. The van der Waals surface area contributed by atoms with Gasteiger partial charge in [0.2, 0.25) is 5.91 Å². The number of ketones is 2. The van der Waals surface area contributed by atoms with E-state index in [4.69, 9.17) is 0 Å². The summed E-state index contributed by atoms with van der Waals surface area (Å²) in [5, 5.41) is 2.92. The van der Waals surface area contributed by atoms with Gasteiger partial charge in [0.1, 0.15) is 5.78 Å². The number of amides is 1. The van der Waals surface area contributed by atoms with Gasteiger partial charge in [-0.2, -0.15) is 0 Å². The Kier molecular flexibility index (Phi) is 8.13. The number of halogens is 1. The van der Waals surface area contributed by atoms with Crippen molar-refractivity contribution in [2.24, 2.45) is 0 Å². The molecular formula is C22H26BrNO3S. The molecule has 0 aliphatic heterocycles. The van der Waals surface area contributed by atoms with Crippen LogP contribution in [0.5, 0.6) is 0 Å². The second-order valence-corrected chi connectivity index (χ2v) is 9.74. The number of carbonyl (C=O) groups is 3. The van der Waals surface area contributed by atoms with Crippen LogP contribution < -0.4 is 5.32 Å². The summed E-state index contributed by atoms with van der Waals surface area (Å²) in [6.45, 7) is 6.58. The van der Waals surface area contributed by atoms with Crippen molar-refractivity contribution < 1.29 is 14.4 Å². The van der Waals surface area contributed by atoms with Crippen molar-refractivity contribution >= 4 is 44.7 Å². The monoisotopic (exact) mass is 463 g/mol. The van der Waals surface area contributed by atoms with Crippen molar-refractivity contribution in [3.63, 3.8) is 0 Å². The summed E-state index contributed by atoms with van der Waals surface area (Å²) in [5.74, 6) is -0.199. The summed E-state index contributed by atoms with van der Waals surface area (Å²) < 4.78 is 1.02. The lowest BCUT2D eigenvalue weighted by Gasteiger charge is -2.25. The molecule has 0 fully saturated rings. The predicted octanol–water partition coefficient (Wildman–Crippen LogP) is 5.23. The van der Waals surface area contributed by atoms with Gasteiger partial charge >= 0.3 is 0 Å². The number of Topliss-reactive ketones (excluding diaryl/α,β-unsaturated/α-hetero) is 2. The first-order chi connectivity index (χ1) is 13.2. The second-order valence-electron chi connectivity index (χ2n) is 7.54. The predicted molar refractivity (Wildman–Crippen MR) is 117 cm³/mol. The lowest BCUT2D eigenvalue weighted by molar-refractivity contribution is -0.125. The van der Waals surface area contributed by atoms with Crippen molar-refractivity contribution in [1.82, 2.24) is 5.32 Å². The molecule has 0 unspecified atom stereocenters. The Morgan fingerprint density at radius 2 is 1.61 bits per heavy atom. The van der Waals surface area contributed by atoms with E-state index in [0.29, 0.717) is 11.4 Å². The molecular weight excluding hydrogens is 438 g/mol. The summed E-state index contributed by atoms with van der Waals surface area (Å²) in [7, 11) is 0. The summed E-state index contributed by atoms with van der Waals surface area (Å²) in [6, 6.07) is 11.7. The van der Waals surface area contributed by atoms with Crippen LogP contribution in [0.25, 0.3) is 0 Å². The van der Waals surface area contributed by atoms with E-state index in [1.54, 1.807) is 6.07 Å². The van der Waals surface area contributed by atoms with Crippen LogP contribution in [0.4, 0.5) is 0 Å². The minimum Gasteiger partial charge on any atom is -0.355 e. The lowest BCUT2D eigenvalue weighted by Crippen LogP contribution is -2.36. The summed E-state index contributed by atoms with van der Waals surface area (Å²) in [4.78, 5) is 37.9. The molecule has 0 atom stereocenters. The van der Waals surface area contributed by atoms with Crippen molar-refractivity contribution in [3.8, 4) is 0 Å². The van der Waals surface area contributed by atoms with Crippen LogP contribution in [0.15, 0.2) is 40.9 Å². The molecule has 150 valence electrons. The molecule has 1 heterocycles. The fraction of sp³-hybridized carbons (Fsp3) is 0.409. The van der Waals surface area contributed by atoms with Crippen LogP contribution in [0.1, 0.15) is 59.6 Å². The fourth-order valence-corrected chi connectivity index (χ4v) is 3.85. The highest BCUT2D eigenvalue weighted by molar-refractivity contribution is 9.10. The van der Waals surface area contributed by atoms with Gasteiger partial charge in [-0.3, -0.25) is 14.4 Å². The summed E-state index contributed by atoms with van der Waals surface area (Å²) in [5.41, 5.74) is 0.931. The first-order valence-corrected chi connectivity index (χ1v) is 10.9. The zero-order valence-electron chi connectivity index (χ0n) is 16.5. The molecule has 0 saturated carbocycles. The van der Waals surface area contributed by atoms with Crippen molar-refractivity contribution in [3.05, 3.63) is 56.2 Å². The van der Waals surface area contributed by atoms with Gasteiger partial charge in [-0.15, -0.1) is 11.3 Å². The minimum atomic E-state index is -0.203. The largest absolute Gasteiger partial charge is 0.355 e. The second kappa shape index (κ2) is 10.1. The Morgan fingerprint density at radius 1 is 0.964 bits per heavy atom. The van der Waals surface area contributed by atoms with Gasteiger partial charge in [0.05, 0.1) is 4.88 Å². The third kappa shape index (κ3) is 6.99. The van der Waals surface area contributed by atoms with Gasteiger partial charge in [0.15, 0.2) is 5.78 Å². The third-order valence-electron chi connectivity index (χ3n) is 4.63. The number of benzene rings is 1. The quantitative estimate of drug-likeness (QED) is 0.490. The van der Waals surface area contributed by atoms with E-state index in [-0.39, 0.29) is 48.6 Å². The first kappa shape index (κ1) is 22.5. The van der Waals surface area contributed by atoms with E-state index in [2.05, 4.69) is 35.1 Å². The van der Waals surface area contributed by atoms with Crippen LogP contribution in [-0.4, -0.2) is 24.0 Å². The van der Waals surface area contributed by atoms with E-state index in [1.165, 1.54) is 11.3 Å². The molecule has 0 bridgehead atoms. The summed E-state index contributed by atoms with van der Waals surface area (Å²) in [6.07, 6.45) is 0.716. The topological polar surface area (TPSA) is 63.2 Å². The molecule has 28 heavy (non-hydrogen) atoms. The van der Waals surface area contributed by atoms with Crippen LogP contribution in [0, 0.1) is 6.92 Å². The van der Waals surface area contributed by atoms with Gasteiger partial charge < -0.3 is 5.32 Å². The van der Waals surface area contributed by atoms with Crippen LogP contribution in [0.3, 0.4) is 0 Å². The maximum atomic E-state index is 12.1. The third-order valence-corrected chi connectivity index (χ3v) is 6.20. The number of hydrogen-bond acceptors (Lipinski definition) is 4. The zero-order chi connectivity index (χ0) is 20.7. The molecule has 0 spiro atoms. The molecule has 1 amide bonds. The van der Waals surface area contributed by atoms with Crippen molar-refractivity contribution in [2.45, 2.75) is 51.9 Å². The van der Waals surface area contributed by atoms with E-state index in [9.17, 15) is 14.4 Å². The van der Waals surface area contributed by atoms with Crippen LogP contribution in [-0.2, 0) is 15.0 Å². The first-order valence-electron chi connectivity index (χ1n) is 9.31. The Bertz CT molecular complexity index is 840. The molecule has 2 aromatic rings. The minimum absolute atomic E-state index is 0.00727. The number of thiophene rings is 1. The normalized spacial score (nSPS) is 11.3. The van der Waals surface area contributed by atoms with Crippen LogP contribution in [0.2, 0.25) is 0 Å². The van der Waals surface area contributed by atoms with Crippen molar-refractivity contribution in [1.29, 1.82) is 0 Å². The Hall–Kier alpha value is -1.79.